The number of halogens is 4. The summed E-state index contributed by atoms with van der Waals surface area (Å²) in [6.45, 7) is 4.55. The molecule has 1 aliphatic heterocycles. The molecule has 0 radical (unpaired) electrons. The Morgan fingerprint density at radius 2 is 1.57 bits per heavy atom. The lowest BCUT2D eigenvalue weighted by Gasteiger charge is -2.35. The van der Waals surface area contributed by atoms with Crippen molar-refractivity contribution in [1.29, 1.82) is 0 Å². The third-order valence-electron chi connectivity index (χ3n) is 5.44. The van der Waals surface area contributed by atoms with E-state index < -0.39 is 11.7 Å². The van der Waals surface area contributed by atoms with E-state index in [1.165, 1.54) is 6.07 Å². The van der Waals surface area contributed by atoms with E-state index in [1.54, 1.807) is 26.4 Å². The Morgan fingerprint density at radius 3 is 2.20 bits per heavy atom. The van der Waals surface area contributed by atoms with Crippen LogP contribution in [0, 0.1) is 0 Å². The Balaban J connectivity index is 1.54. The maximum atomic E-state index is 13.2. The summed E-state index contributed by atoms with van der Waals surface area (Å²) in [4.78, 5) is 4.49. The van der Waals surface area contributed by atoms with Gasteiger partial charge in [0, 0.05) is 39.3 Å². The quantitative estimate of drug-likeness (QED) is 0.618. The van der Waals surface area contributed by atoms with E-state index in [2.05, 4.69) is 9.80 Å². The number of rotatable bonds is 7. The second-order valence-electron chi connectivity index (χ2n) is 7.30. The Kier molecular flexibility index (Phi) is 7.50. The van der Waals surface area contributed by atoms with Crippen molar-refractivity contribution in [3.8, 4) is 11.5 Å². The molecule has 1 aliphatic rings. The van der Waals surface area contributed by atoms with Gasteiger partial charge in [0.25, 0.3) is 0 Å². The second kappa shape index (κ2) is 9.90. The number of nitrogens with zero attached hydrogens (tertiary/aromatic N) is 2. The predicted octanol–water partition coefficient (Wildman–Crippen LogP) is 4.74. The Morgan fingerprint density at radius 1 is 0.900 bits per heavy atom. The van der Waals surface area contributed by atoms with Crippen LogP contribution in [0.1, 0.15) is 16.7 Å². The summed E-state index contributed by atoms with van der Waals surface area (Å²) in [6, 6.07) is 9.59. The summed E-state index contributed by atoms with van der Waals surface area (Å²) in [5.74, 6) is 1.12. The zero-order chi connectivity index (χ0) is 21.7. The van der Waals surface area contributed by atoms with Crippen molar-refractivity contribution in [2.24, 2.45) is 0 Å². The van der Waals surface area contributed by atoms with E-state index >= 15 is 0 Å². The Bertz CT molecular complexity index is 853. The van der Waals surface area contributed by atoms with Gasteiger partial charge in [0.1, 0.15) is 0 Å². The van der Waals surface area contributed by atoms with Gasteiger partial charge in [-0.05, 0) is 29.7 Å². The fraction of sp³-hybridized carbons (Fsp3) is 0.455. The number of hydrogen-bond acceptors (Lipinski definition) is 4. The van der Waals surface area contributed by atoms with E-state index in [9.17, 15) is 13.2 Å². The van der Waals surface area contributed by atoms with Crippen LogP contribution < -0.4 is 9.47 Å². The summed E-state index contributed by atoms with van der Waals surface area (Å²) in [5, 5.41) is 0.544. The van der Waals surface area contributed by atoms with Crippen LogP contribution in [0.15, 0.2) is 36.4 Å². The molecule has 0 amide bonds. The molecule has 0 atom stereocenters. The zero-order valence-electron chi connectivity index (χ0n) is 17.1. The SMILES string of the molecule is COc1ccc(CN2CCN(CCc3ccccc3C(F)(F)F)CC2)c(Cl)c1OC. The van der Waals surface area contributed by atoms with Crippen LogP contribution in [0.2, 0.25) is 5.02 Å². The topological polar surface area (TPSA) is 24.9 Å². The third-order valence-corrected chi connectivity index (χ3v) is 5.86. The highest BCUT2D eigenvalue weighted by Gasteiger charge is 2.32. The normalized spacial score (nSPS) is 15.9. The lowest BCUT2D eigenvalue weighted by molar-refractivity contribution is -0.138. The molecule has 0 spiro atoms. The highest BCUT2D eigenvalue weighted by molar-refractivity contribution is 6.33. The molecule has 0 unspecified atom stereocenters. The first-order valence-electron chi connectivity index (χ1n) is 9.82. The van der Waals surface area contributed by atoms with Crippen molar-refractivity contribution in [3.05, 3.63) is 58.1 Å². The molecule has 0 aliphatic carbocycles. The number of ether oxygens (including phenoxy) is 2. The number of methoxy groups -OCH3 is 2. The first kappa shape index (κ1) is 22.7. The van der Waals surface area contributed by atoms with E-state index in [4.69, 9.17) is 21.1 Å². The maximum Gasteiger partial charge on any atom is 0.416 e. The molecule has 1 fully saturated rings. The molecule has 4 nitrogen and oxygen atoms in total. The van der Waals surface area contributed by atoms with Gasteiger partial charge in [-0.1, -0.05) is 35.9 Å². The largest absolute Gasteiger partial charge is 0.493 e. The molecule has 0 bridgehead atoms. The van der Waals surface area contributed by atoms with Crippen molar-refractivity contribution < 1.29 is 22.6 Å². The number of benzene rings is 2. The smallest absolute Gasteiger partial charge is 0.416 e. The van der Waals surface area contributed by atoms with Gasteiger partial charge >= 0.3 is 6.18 Å². The van der Waals surface area contributed by atoms with Crippen molar-refractivity contribution in [3.63, 3.8) is 0 Å². The van der Waals surface area contributed by atoms with Gasteiger partial charge in [0.05, 0.1) is 24.8 Å². The number of alkyl halides is 3. The minimum absolute atomic E-state index is 0.351. The van der Waals surface area contributed by atoms with Crippen LogP contribution in [0.4, 0.5) is 13.2 Å². The molecule has 0 N–H and O–H groups in total. The third kappa shape index (κ3) is 5.39. The first-order valence-corrected chi connectivity index (χ1v) is 10.2. The van der Waals surface area contributed by atoms with Gasteiger partial charge in [-0.15, -0.1) is 0 Å². The van der Waals surface area contributed by atoms with E-state index in [0.717, 1.165) is 37.8 Å². The fourth-order valence-corrected chi connectivity index (χ4v) is 4.05. The molecule has 1 saturated heterocycles. The van der Waals surface area contributed by atoms with Crippen molar-refractivity contribution in [2.45, 2.75) is 19.1 Å². The molecule has 1 heterocycles. The van der Waals surface area contributed by atoms with Gasteiger partial charge in [-0.3, -0.25) is 4.90 Å². The highest BCUT2D eigenvalue weighted by atomic mass is 35.5. The van der Waals surface area contributed by atoms with Crippen LogP contribution in [-0.4, -0.2) is 56.7 Å². The average molecular weight is 443 g/mol. The second-order valence-corrected chi connectivity index (χ2v) is 7.67. The molecule has 8 heteroatoms. The van der Waals surface area contributed by atoms with Gasteiger partial charge in [0.15, 0.2) is 11.5 Å². The summed E-state index contributed by atoms with van der Waals surface area (Å²) < 4.78 is 50.1. The summed E-state index contributed by atoms with van der Waals surface area (Å²) in [6.07, 6.45) is -3.93. The molecule has 0 aromatic heterocycles. The molecule has 30 heavy (non-hydrogen) atoms. The van der Waals surface area contributed by atoms with Crippen LogP contribution >= 0.6 is 11.6 Å². The molecule has 164 valence electrons. The number of piperazine rings is 1. The Labute approximate surface area is 180 Å². The van der Waals surface area contributed by atoms with Crippen LogP contribution in [0.25, 0.3) is 0 Å². The van der Waals surface area contributed by atoms with Gasteiger partial charge in [-0.25, -0.2) is 0 Å². The predicted molar refractivity (Wildman–Crippen MR) is 111 cm³/mol. The Hall–Kier alpha value is -1.96. The van der Waals surface area contributed by atoms with Crippen molar-refractivity contribution >= 4 is 11.6 Å². The molecular formula is C22H26ClF3N2O2. The van der Waals surface area contributed by atoms with Crippen LogP contribution in [0.5, 0.6) is 11.5 Å². The fourth-order valence-electron chi connectivity index (χ4n) is 3.76. The molecule has 0 saturated carbocycles. The average Bonchev–Trinajstić information content (AvgIpc) is 2.74. The van der Waals surface area contributed by atoms with Crippen molar-refractivity contribution in [2.75, 3.05) is 46.9 Å². The minimum atomic E-state index is -4.31. The summed E-state index contributed by atoms with van der Waals surface area (Å²) >= 11 is 6.48. The zero-order valence-corrected chi connectivity index (χ0v) is 17.9. The molecule has 3 rings (SSSR count). The minimum Gasteiger partial charge on any atom is -0.493 e. The van der Waals surface area contributed by atoms with E-state index in [-0.39, 0.29) is 0 Å². The number of hydrogen-bond donors (Lipinski definition) is 0. The maximum absolute atomic E-state index is 13.2. The monoisotopic (exact) mass is 442 g/mol. The van der Waals surface area contributed by atoms with E-state index in [1.807, 2.05) is 12.1 Å². The highest BCUT2D eigenvalue weighted by Crippen LogP contribution is 2.38. The van der Waals surface area contributed by atoms with Gasteiger partial charge < -0.3 is 14.4 Å². The van der Waals surface area contributed by atoms with Crippen molar-refractivity contribution in [1.82, 2.24) is 9.80 Å². The molecular weight excluding hydrogens is 417 g/mol. The summed E-state index contributed by atoms with van der Waals surface area (Å²) in [7, 11) is 3.13. The first-order chi connectivity index (χ1) is 14.3. The lowest BCUT2D eigenvalue weighted by atomic mass is 10.0. The van der Waals surface area contributed by atoms with Gasteiger partial charge in [-0.2, -0.15) is 13.2 Å². The van der Waals surface area contributed by atoms with E-state index in [0.29, 0.717) is 41.6 Å². The van der Waals surface area contributed by atoms with Gasteiger partial charge in [0.2, 0.25) is 0 Å². The van der Waals surface area contributed by atoms with Crippen LogP contribution in [-0.2, 0) is 19.1 Å². The van der Waals surface area contributed by atoms with Crippen LogP contribution in [0.3, 0.4) is 0 Å². The standard InChI is InChI=1S/C22H26ClF3N2O2/c1-29-19-8-7-17(20(23)21(19)30-2)15-28-13-11-27(12-14-28)10-9-16-5-3-4-6-18(16)22(24,25)26/h3-8H,9-15H2,1-2H3. The molecule has 2 aromatic carbocycles. The summed E-state index contributed by atoms with van der Waals surface area (Å²) in [5.41, 5.74) is 0.776. The lowest BCUT2D eigenvalue weighted by Crippen LogP contribution is -2.46. The molecule has 2 aromatic rings.